The number of aromatic nitrogens is 1. The molecule has 0 unspecified atom stereocenters. The summed E-state index contributed by atoms with van der Waals surface area (Å²) in [6, 6.07) is 7.97. The number of carbonyl (C=O) groups excluding carboxylic acids is 2. The highest BCUT2D eigenvalue weighted by atomic mass is 32.2. The van der Waals surface area contributed by atoms with E-state index in [-0.39, 0.29) is 28.7 Å². The summed E-state index contributed by atoms with van der Waals surface area (Å²) in [6.45, 7) is 3.45. The monoisotopic (exact) mass is 470 g/mol. The van der Waals surface area contributed by atoms with E-state index in [2.05, 4.69) is 0 Å². The number of primary sulfonamides is 1. The molecule has 1 aromatic heterocycles. The first-order chi connectivity index (χ1) is 15.6. The summed E-state index contributed by atoms with van der Waals surface area (Å²) in [5.74, 6) is 1.49. The molecule has 0 saturated heterocycles. The van der Waals surface area contributed by atoms with Gasteiger partial charge in [-0.1, -0.05) is 0 Å². The largest absolute Gasteiger partial charge is 0.457 e. The average molecular weight is 471 g/mol. The minimum Gasteiger partial charge on any atom is -0.457 e. The molecule has 2 N–H and O–H groups in total. The maximum Gasteiger partial charge on any atom is 0.312 e. The molecule has 4 aliphatic carbocycles. The van der Waals surface area contributed by atoms with E-state index in [1.54, 1.807) is 18.2 Å². The van der Waals surface area contributed by atoms with Crippen molar-refractivity contribution < 1.29 is 22.7 Å². The summed E-state index contributed by atoms with van der Waals surface area (Å²) in [4.78, 5) is 26.1. The Morgan fingerprint density at radius 3 is 2.09 bits per heavy atom. The van der Waals surface area contributed by atoms with Gasteiger partial charge in [0.05, 0.1) is 10.3 Å². The fourth-order valence-corrected chi connectivity index (χ4v) is 7.47. The highest BCUT2D eigenvalue weighted by Crippen LogP contribution is 2.60. The van der Waals surface area contributed by atoms with Crippen LogP contribution in [0.4, 0.5) is 0 Å². The quantitative estimate of drug-likeness (QED) is 0.512. The smallest absolute Gasteiger partial charge is 0.312 e. The van der Waals surface area contributed by atoms with E-state index >= 15 is 0 Å². The molecule has 0 amide bonds. The molecule has 8 heteroatoms. The maximum atomic E-state index is 13.1. The van der Waals surface area contributed by atoms with E-state index in [0.717, 1.165) is 30.6 Å². The van der Waals surface area contributed by atoms with Crippen molar-refractivity contribution >= 4 is 21.8 Å². The van der Waals surface area contributed by atoms with Crippen LogP contribution < -0.4 is 5.14 Å². The van der Waals surface area contributed by atoms with Crippen molar-refractivity contribution in [2.24, 2.45) is 28.3 Å². The zero-order valence-electron chi connectivity index (χ0n) is 19.0. The topological polar surface area (TPSA) is 108 Å². The summed E-state index contributed by atoms with van der Waals surface area (Å²) in [7, 11) is -3.77. The third kappa shape index (κ3) is 3.93. The minimum absolute atomic E-state index is 0.0293. The Balaban J connectivity index is 1.30. The zero-order chi connectivity index (χ0) is 23.5. The second kappa shape index (κ2) is 7.81. The van der Waals surface area contributed by atoms with Gasteiger partial charge in [-0.05, 0) is 100 Å². The fraction of sp³-hybridized carbons (Fsp3) is 0.520. The van der Waals surface area contributed by atoms with Crippen LogP contribution in [0.2, 0.25) is 0 Å². The molecule has 0 aliphatic heterocycles. The van der Waals surface area contributed by atoms with Crippen LogP contribution in [-0.4, -0.2) is 31.3 Å². The van der Waals surface area contributed by atoms with Gasteiger partial charge >= 0.3 is 5.97 Å². The first-order valence-corrected chi connectivity index (χ1v) is 13.1. The maximum absolute atomic E-state index is 13.1. The number of esters is 1. The molecule has 1 heterocycles. The van der Waals surface area contributed by atoms with Crippen LogP contribution >= 0.6 is 0 Å². The van der Waals surface area contributed by atoms with Gasteiger partial charge in [-0.25, -0.2) is 13.6 Å². The van der Waals surface area contributed by atoms with Crippen molar-refractivity contribution in [3.05, 3.63) is 47.3 Å². The van der Waals surface area contributed by atoms with E-state index in [9.17, 15) is 18.0 Å². The fourth-order valence-electron chi connectivity index (χ4n) is 6.95. The number of hydrogen-bond acceptors (Lipinski definition) is 5. The molecule has 0 spiro atoms. The molecule has 1 aromatic carbocycles. The van der Waals surface area contributed by atoms with Gasteiger partial charge < -0.3 is 9.30 Å². The van der Waals surface area contributed by atoms with Crippen molar-refractivity contribution in [3.8, 4) is 5.69 Å². The summed E-state index contributed by atoms with van der Waals surface area (Å²) < 4.78 is 30.5. The van der Waals surface area contributed by atoms with Crippen LogP contribution in [0.25, 0.3) is 5.69 Å². The summed E-state index contributed by atoms with van der Waals surface area (Å²) in [5.41, 5.74) is 2.39. The van der Waals surface area contributed by atoms with Crippen molar-refractivity contribution in [3.63, 3.8) is 0 Å². The second-order valence-corrected chi connectivity index (χ2v) is 11.9. The molecule has 33 heavy (non-hydrogen) atoms. The van der Waals surface area contributed by atoms with Gasteiger partial charge in [-0.15, -0.1) is 0 Å². The first kappa shape index (κ1) is 22.3. The number of hydrogen-bond donors (Lipinski definition) is 1. The van der Waals surface area contributed by atoms with E-state index in [0.29, 0.717) is 29.0 Å². The van der Waals surface area contributed by atoms with Gasteiger partial charge in [0.15, 0.2) is 6.61 Å². The number of ketones is 1. The Kier molecular flexibility index (Phi) is 5.29. The summed E-state index contributed by atoms with van der Waals surface area (Å²) in [6.07, 6.45) is 6.47. The van der Waals surface area contributed by atoms with Crippen LogP contribution in [0.15, 0.2) is 35.2 Å². The molecule has 7 nitrogen and oxygen atoms in total. The van der Waals surface area contributed by atoms with E-state index in [1.165, 1.54) is 31.4 Å². The summed E-state index contributed by atoms with van der Waals surface area (Å²) >= 11 is 0. The molecule has 176 valence electrons. The van der Waals surface area contributed by atoms with Crippen LogP contribution in [0.5, 0.6) is 0 Å². The zero-order valence-corrected chi connectivity index (χ0v) is 19.9. The van der Waals surface area contributed by atoms with Crippen LogP contribution in [0.3, 0.4) is 0 Å². The number of sulfonamides is 1. The molecule has 4 fully saturated rings. The Hall–Kier alpha value is -2.45. The average Bonchev–Trinajstić information content (AvgIpc) is 3.04. The molecule has 2 aromatic rings. The predicted octanol–water partition coefficient (Wildman–Crippen LogP) is 3.68. The number of carbonyl (C=O) groups is 2. The van der Waals surface area contributed by atoms with Gasteiger partial charge in [-0.2, -0.15) is 0 Å². The number of benzene rings is 1. The highest BCUT2D eigenvalue weighted by Gasteiger charge is 2.55. The van der Waals surface area contributed by atoms with Gasteiger partial charge in [0.1, 0.15) is 0 Å². The van der Waals surface area contributed by atoms with Crippen molar-refractivity contribution in [1.29, 1.82) is 0 Å². The van der Waals surface area contributed by atoms with E-state index < -0.39 is 10.0 Å². The molecule has 4 bridgehead atoms. The van der Waals surface area contributed by atoms with Gasteiger partial charge in [0.2, 0.25) is 15.8 Å². The minimum atomic E-state index is -3.77. The standard InChI is InChI=1S/C25H30N2O5S/c1-15-7-22(16(2)27(15)20-3-5-21(6-4-20)33(26,30)31)23(28)14-32-24(29)25-11-17-8-18(12-25)10-19(9-17)13-25/h3-7,17-19H,8-14H2,1-2H3,(H2,26,30,31). The normalized spacial score (nSPS) is 28.2. The van der Waals surface area contributed by atoms with Gasteiger partial charge in [0, 0.05) is 22.6 Å². The lowest BCUT2D eigenvalue weighted by Crippen LogP contribution is -2.50. The molecular formula is C25H30N2O5S. The van der Waals surface area contributed by atoms with Crippen LogP contribution in [-0.2, 0) is 19.6 Å². The Morgan fingerprint density at radius 2 is 1.58 bits per heavy atom. The Bertz CT molecular complexity index is 1190. The van der Waals surface area contributed by atoms with Crippen LogP contribution in [0.1, 0.15) is 60.3 Å². The van der Waals surface area contributed by atoms with E-state index in [1.807, 2.05) is 18.4 Å². The SMILES string of the molecule is Cc1cc(C(=O)COC(=O)C23CC4CC(CC(C4)C2)C3)c(C)n1-c1ccc(S(N)(=O)=O)cc1. The molecule has 0 radical (unpaired) electrons. The van der Waals surface area contributed by atoms with Gasteiger partial charge in [0.25, 0.3) is 0 Å². The Morgan fingerprint density at radius 1 is 1.03 bits per heavy atom. The summed E-state index contributed by atoms with van der Waals surface area (Å²) in [5, 5.41) is 5.18. The third-order valence-corrected chi connectivity index (χ3v) is 8.89. The van der Waals surface area contributed by atoms with Crippen LogP contribution in [0, 0.1) is 37.0 Å². The van der Waals surface area contributed by atoms with Crippen molar-refractivity contribution in [2.45, 2.75) is 57.3 Å². The predicted molar refractivity (Wildman–Crippen MR) is 123 cm³/mol. The van der Waals surface area contributed by atoms with Crippen molar-refractivity contribution in [2.75, 3.05) is 6.61 Å². The second-order valence-electron chi connectivity index (χ2n) is 10.4. The number of Topliss-reactive ketones (excluding diaryl/α,β-unsaturated/α-hetero) is 1. The first-order valence-electron chi connectivity index (χ1n) is 11.6. The number of nitrogens with two attached hydrogens (primary N) is 1. The number of nitrogens with zero attached hydrogens (tertiary/aromatic N) is 1. The molecular weight excluding hydrogens is 440 g/mol. The van der Waals surface area contributed by atoms with Gasteiger partial charge in [-0.3, -0.25) is 9.59 Å². The number of rotatable bonds is 6. The number of ether oxygens (including phenoxy) is 1. The highest BCUT2D eigenvalue weighted by molar-refractivity contribution is 7.89. The van der Waals surface area contributed by atoms with Crippen molar-refractivity contribution in [1.82, 2.24) is 4.57 Å². The molecule has 4 aliphatic rings. The number of aryl methyl sites for hydroxylation is 1. The molecule has 0 atom stereocenters. The third-order valence-electron chi connectivity index (χ3n) is 7.96. The molecule has 4 saturated carbocycles. The lowest BCUT2D eigenvalue weighted by molar-refractivity contribution is -0.170. The lowest BCUT2D eigenvalue weighted by atomic mass is 9.49. The van der Waals surface area contributed by atoms with E-state index in [4.69, 9.17) is 9.88 Å². The molecule has 6 rings (SSSR count). The Labute approximate surface area is 194 Å². The lowest BCUT2D eigenvalue weighted by Gasteiger charge is -2.55.